The quantitative estimate of drug-likeness (QED) is 0.689. The standard InChI is InChI=1S/C15H17N5OS/c1-9-7-10(2)20(19-9)13-5-6-15(18-17-13)22-8-14-16-11(3)12(4)21-14/h5-7H,8H2,1-4H3. The van der Waals surface area contributed by atoms with Gasteiger partial charge in [-0.15, -0.1) is 10.2 Å². The van der Waals surface area contributed by atoms with E-state index in [-0.39, 0.29) is 0 Å². The zero-order valence-corrected chi connectivity index (χ0v) is 13.8. The largest absolute Gasteiger partial charge is 0.445 e. The molecule has 0 N–H and O–H groups in total. The van der Waals surface area contributed by atoms with Gasteiger partial charge in [-0.3, -0.25) is 0 Å². The van der Waals surface area contributed by atoms with Crippen molar-refractivity contribution in [3.05, 3.63) is 46.9 Å². The van der Waals surface area contributed by atoms with Crippen LogP contribution in [0.3, 0.4) is 0 Å². The van der Waals surface area contributed by atoms with Crippen molar-refractivity contribution in [3.63, 3.8) is 0 Å². The normalized spacial score (nSPS) is 11.1. The summed E-state index contributed by atoms with van der Waals surface area (Å²) in [7, 11) is 0. The Bertz CT molecular complexity index is 771. The van der Waals surface area contributed by atoms with Crippen molar-refractivity contribution in [3.8, 4) is 5.82 Å². The maximum absolute atomic E-state index is 5.55. The van der Waals surface area contributed by atoms with Gasteiger partial charge in [0.1, 0.15) is 10.8 Å². The molecule has 0 bridgehead atoms. The Morgan fingerprint density at radius 3 is 2.50 bits per heavy atom. The maximum Gasteiger partial charge on any atom is 0.205 e. The lowest BCUT2D eigenvalue weighted by molar-refractivity contribution is 0.489. The summed E-state index contributed by atoms with van der Waals surface area (Å²) in [6, 6.07) is 5.87. The van der Waals surface area contributed by atoms with Crippen molar-refractivity contribution < 1.29 is 4.42 Å². The molecule has 0 aliphatic carbocycles. The average molecular weight is 315 g/mol. The number of rotatable bonds is 4. The first-order chi connectivity index (χ1) is 10.5. The molecule has 0 aliphatic heterocycles. The van der Waals surface area contributed by atoms with Crippen LogP contribution in [0.25, 0.3) is 5.82 Å². The summed E-state index contributed by atoms with van der Waals surface area (Å²) >= 11 is 1.55. The molecule has 0 amide bonds. The molecule has 0 saturated carbocycles. The number of hydrogen-bond donors (Lipinski definition) is 0. The Morgan fingerprint density at radius 2 is 1.95 bits per heavy atom. The van der Waals surface area contributed by atoms with Gasteiger partial charge < -0.3 is 4.42 Å². The molecule has 6 nitrogen and oxygen atoms in total. The van der Waals surface area contributed by atoms with E-state index < -0.39 is 0 Å². The molecule has 0 aliphatic rings. The van der Waals surface area contributed by atoms with E-state index in [0.717, 1.165) is 33.7 Å². The van der Waals surface area contributed by atoms with E-state index in [1.807, 2.05) is 45.9 Å². The molecule has 0 atom stereocenters. The van der Waals surface area contributed by atoms with Crippen LogP contribution in [0.4, 0.5) is 0 Å². The van der Waals surface area contributed by atoms with Gasteiger partial charge in [-0.1, -0.05) is 11.8 Å². The fourth-order valence-corrected chi connectivity index (χ4v) is 2.76. The Hall–Kier alpha value is -2.15. The molecule has 114 valence electrons. The smallest absolute Gasteiger partial charge is 0.205 e. The third-order valence-corrected chi connectivity index (χ3v) is 4.17. The molecule has 22 heavy (non-hydrogen) atoms. The highest BCUT2D eigenvalue weighted by molar-refractivity contribution is 7.98. The molecule has 3 aromatic heterocycles. The van der Waals surface area contributed by atoms with Gasteiger partial charge in [-0.05, 0) is 45.9 Å². The Labute approximate surface area is 133 Å². The van der Waals surface area contributed by atoms with Crippen molar-refractivity contribution in [2.45, 2.75) is 38.5 Å². The number of hydrogen-bond acceptors (Lipinski definition) is 6. The lowest BCUT2D eigenvalue weighted by Gasteiger charge is -2.03. The van der Waals surface area contributed by atoms with Crippen LogP contribution in [0.2, 0.25) is 0 Å². The van der Waals surface area contributed by atoms with Crippen molar-refractivity contribution in [1.82, 2.24) is 25.0 Å². The second-order valence-electron chi connectivity index (χ2n) is 5.11. The summed E-state index contributed by atoms with van der Waals surface area (Å²) in [6.45, 7) is 7.81. The maximum atomic E-state index is 5.55. The van der Waals surface area contributed by atoms with E-state index in [1.165, 1.54) is 0 Å². The predicted octanol–water partition coefficient (Wildman–Crippen LogP) is 3.18. The number of oxazole rings is 1. The van der Waals surface area contributed by atoms with Gasteiger partial charge in [0.05, 0.1) is 17.1 Å². The molecule has 3 heterocycles. The van der Waals surface area contributed by atoms with Crippen LogP contribution in [0.15, 0.2) is 27.6 Å². The second-order valence-corrected chi connectivity index (χ2v) is 6.10. The van der Waals surface area contributed by atoms with Gasteiger partial charge in [-0.25, -0.2) is 9.67 Å². The zero-order chi connectivity index (χ0) is 15.7. The molecule has 0 aromatic carbocycles. The number of aromatic nitrogens is 5. The molecule has 0 spiro atoms. The molecule has 0 radical (unpaired) electrons. The zero-order valence-electron chi connectivity index (χ0n) is 13.0. The lowest BCUT2D eigenvalue weighted by atomic mass is 10.4. The Kier molecular flexibility index (Phi) is 3.98. The van der Waals surface area contributed by atoms with Gasteiger partial charge >= 0.3 is 0 Å². The summed E-state index contributed by atoms with van der Waals surface area (Å²) in [5, 5.41) is 13.7. The first-order valence-electron chi connectivity index (χ1n) is 6.96. The molecule has 0 unspecified atom stereocenters. The van der Waals surface area contributed by atoms with Crippen LogP contribution in [0.5, 0.6) is 0 Å². The van der Waals surface area contributed by atoms with Gasteiger partial charge in [0.2, 0.25) is 5.89 Å². The summed E-state index contributed by atoms with van der Waals surface area (Å²) in [6.07, 6.45) is 0. The van der Waals surface area contributed by atoms with E-state index in [4.69, 9.17) is 4.42 Å². The molecule has 0 fully saturated rings. The molecule has 7 heteroatoms. The third kappa shape index (κ3) is 3.04. The lowest BCUT2D eigenvalue weighted by Crippen LogP contribution is -2.03. The molecular formula is C15H17N5OS. The first kappa shape index (κ1) is 14.8. The average Bonchev–Trinajstić information content (AvgIpc) is 2.99. The molecular weight excluding hydrogens is 298 g/mol. The topological polar surface area (TPSA) is 69.6 Å². The summed E-state index contributed by atoms with van der Waals surface area (Å²) < 4.78 is 7.34. The van der Waals surface area contributed by atoms with E-state index >= 15 is 0 Å². The van der Waals surface area contributed by atoms with Crippen molar-refractivity contribution in [1.29, 1.82) is 0 Å². The Morgan fingerprint density at radius 1 is 1.14 bits per heavy atom. The minimum Gasteiger partial charge on any atom is -0.445 e. The summed E-state index contributed by atoms with van der Waals surface area (Å²) in [4.78, 5) is 4.35. The van der Waals surface area contributed by atoms with Crippen molar-refractivity contribution in [2.75, 3.05) is 0 Å². The summed E-state index contributed by atoms with van der Waals surface area (Å²) in [5.41, 5.74) is 2.94. The molecule has 3 rings (SSSR count). The van der Waals surface area contributed by atoms with Crippen molar-refractivity contribution in [2.24, 2.45) is 0 Å². The van der Waals surface area contributed by atoms with Gasteiger partial charge in [-0.2, -0.15) is 5.10 Å². The van der Waals surface area contributed by atoms with Crippen LogP contribution < -0.4 is 0 Å². The van der Waals surface area contributed by atoms with Crippen LogP contribution in [-0.4, -0.2) is 25.0 Å². The highest BCUT2D eigenvalue weighted by Gasteiger charge is 2.09. The monoisotopic (exact) mass is 315 g/mol. The van der Waals surface area contributed by atoms with Crippen LogP contribution in [-0.2, 0) is 5.75 Å². The molecule has 0 saturated heterocycles. The highest BCUT2D eigenvalue weighted by Crippen LogP contribution is 2.21. The predicted molar refractivity (Wildman–Crippen MR) is 84.2 cm³/mol. The minimum absolute atomic E-state index is 0.641. The van der Waals surface area contributed by atoms with Crippen LogP contribution in [0, 0.1) is 27.7 Å². The van der Waals surface area contributed by atoms with E-state index in [0.29, 0.717) is 11.6 Å². The van der Waals surface area contributed by atoms with Crippen LogP contribution >= 0.6 is 11.8 Å². The summed E-state index contributed by atoms with van der Waals surface area (Å²) in [5.74, 6) is 2.94. The third-order valence-electron chi connectivity index (χ3n) is 3.27. The van der Waals surface area contributed by atoms with E-state index in [9.17, 15) is 0 Å². The minimum atomic E-state index is 0.641. The van der Waals surface area contributed by atoms with Crippen LogP contribution in [0.1, 0.15) is 28.7 Å². The molecule has 3 aromatic rings. The highest BCUT2D eigenvalue weighted by atomic mass is 32.2. The van der Waals surface area contributed by atoms with Gasteiger partial charge in [0, 0.05) is 5.69 Å². The number of nitrogens with zero attached hydrogens (tertiary/aromatic N) is 5. The SMILES string of the molecule is Cc1cc(C)n(-c2ccc(SCc3nc(C)c(C)o3)nn2)n1. The fourth-order valence-electron chi connectivity index (χ4n) is 2.10. The van der Waals surface area contributed by atoms with E-state index in [2.05, 4.69) is 20.3 Å². The van der Waals surface area contributed by atoms with Gasteiger partial charge in [0.15, 0.2) is 5.82 Å². The van der Waals surface area contributed by atoms with E-state index in [1.54, 1.807) is 16.4 Å². The fraction of sp³-hybridized carbons (Fsp3) is 0.333. The van der Waals surface area contributed by atoms with Crippen molar-refractivity contribution >= 4 is 11.8 Å². The van der Waals surface area contributed by atoms with Gasteiger partial charge in [0.25, 0.3) is 0 Å². The number of thioether (sulfide) groups is 1. The number of aryl methyl sites for hydroxylation is 4. The Balaban J connectivity index is 1.70. The first-order valence-corrected chi connectivity index (χ1v) is 7.94. The second kappa shape index (κ2) is 5.92.